The highest BCUT2D eigenvalue weighted by atomic mass is 16.5. The van der Waals surface area contributed by atoms with Gasteiger partial charge >= 0.3 is 0 Å². The summed E-state index contributed by atoms with van der Waals surface area (Å²) < 4.78 is 5.52. The summed E-state index contributed by atoms with van der Waals surface area (Å²) in [4.78, 5) is 18.4. The number of ether oxygens (including phenoxy) is 1. The molecule has 2 atom stereocenters. The summed E-state index contributed by atoms with van der Waals surface area (Å²) in [5.41, 5.74) is 4.26. The minimum absolute atomic E-state index is 0.0440. The second kappa shape index (κ2) is 11.0. The van der Waals surface area contributed by atoms with Gasteiger partial charge in [-0.3, -0.25) is 14.6 Å². The second-order valence-corrected chi connectivity index (χ2v) is 10.5. The molecule has 2 bridgehead atoms. The van der Waals surface area contributed by atoms with E-state index in [2.05, 4.69) is 46.0 Å². The van der Waals surface area contributed by atoms with E-state index >= 15 is 0 Å². The number of nitrogens with one attached hydrogen (secondary N) is 1. The van der Waals surface area contributed by atoms with Gasteiger partial charge in [0.15, 0.2) is 0 Å². The van der Waals surface area contributed by atoms with Crippen molar-refractivity contribution in [3.05, 3.63) is 66.2 Å². The molecule has 1 N–H and O–H groups in total. The fraction of sp³-hybridized carbons (Fsp3) is 0.500. The number of carbonyl (C=O) groups excluding carboxylic acids is 1. The number of carbonyl (C=O) groups is 1. The number of fused-ring (bicyclic) bond motifs is 2. The topological polar surface area (TPSA) is 44.8 Å². The maximum atomic E-state index is 13.1. The van der Waals surface area contributed by atoms with Crippen LogP contribution in [0.2, 0.25) is 0 Å². The van der Waals surface area contributed by atoms with Gasteiger partial charge in [-0.15, -0.1) is 6.58 Å². The summed E-state index contributed by atoms with van der Waals surface area (Å²) >= 11 is 0. The average molecular weight is 474 g/mol. The molecule has 2 unspecified atom stereocenters. The molecule has 3 fully saturated rings. The predicted molar refractivity (Wildman–Crippen MR) is 142 cm³/mol. The van der Waals surface area contributed by atoms with Gasteiger partial charge in [-0.05, 0) is 73.1 Å². The number of nitrogens with zero attached hydrogens (tertiary/aromatic N) is 2. The normalized spacial score (nSPS) is 23.2. The molecular formula is C30H39N3O2. The zero-order valence-electron chi connectivity index (χ0n) is 21.0. The summed E-state index contributed by atoms with van der Waals surface area (Å²) in [5.74, 6) is 0.881. The first-order valence-electron chi connectivity index (χ1n) is 13.3. The molecule has 1 amide bonds. The fourth-order valence-corrected chi connectivity index (χ4v) is 6.30. The number of methoxy groups -OCH3 is 1. The molecule has 1 aliphatic carbocycles. The van der Waals surface area contributed by atoms with E-state index in [-0.39, 0.29) is 5.91 Å². The molecule has 3 aliphatic rings. The fourth-order valence-electron chi connectivity index (χ4n) is 6.30. The van der Waals surface area contributed by atoms with Crippen LogP contribution in [-0.2, 0) is 6.54 Å². The van der Waals surface area contributed by atoms with Gasteiger partial charge in [0.2, 0.25) is 0 Å². The zero-order chi connectivity index (χ0) is 24.2. The van der Waals surface area contributed by atoms with Gasteiger partial charge in [0, 0.05) is 49.9 Å². The molecule has 5 rings (SSSR count). The summed E-state index contributed by atoms with van der Waals surface area (Å²) in [7, 11) is 1.70. The molecule has 2 aromatic carbocycles. The number of rotatable bonds is 8. The minimum Gasteiger partial charge on any atom is -0.497 e. The molecule has 35 heavy (non-hydrogen) atoms. The Bertz CT molecular complexity index is 1050. The van der Waals surface area contributed by atoms with Crippen LogP contribution in [0.25, 0.3) is 11.1 Å². The number of hydrogen-bond donors (Lipinski definition) is 1. The Hall–Kier alpha value is -2.63. The summed E-state index contributed by atoms with van der Waals surface area (Å²) in [5, 5.41) is 3.26. The first kappa shape index (κ1) is 24.1. The van der Waals surface area contributed by atoms with Crippen molar-refractivity contribution in [2.45, 2.75) is 69.6 Å². The lowest BCUT2D eigenvalue weighted by atomic mass is 9.95. The molecule has 2 aliphatic heterocycles. The van der Waals surface area contributed by atoms with E-state index in [1.165, 1.54) is 37.7 Å². The lowest BCUT2D eigenvalue weighted by Crippen LogP contribution is -2.38. The molecule has 1 saturated carbocycles. The molecule has 2 aromatic rings. The molecule has 186 valence electrons. The Morgan fingerprint density at radius 2 is 1.91 bits per heavy atom. The smallest absolute Gasteiger partial charge is 0.251 e. The Kier molecular flexibility index (Phi) is 7.54. The number of likely N-dealkylation sites (tertiary alicyclic amines) is 1. The van der Waals surface area contributed by atoms with E-state index in [0.717, 1.165) is 61.5 Å². The molecule has 2 saturated heterocycles. The maximum Gasteiger partial charge on any atom is 0.251 e. The van der Waals surface area contributed by atoms with Gasteiger partial charge in [-0.1, -0.05) is 37.1 Å². The van der Waals surface area contributed by atoms with E-state index in [1.54, 1.807) is 7.11 Å². The van der Waals surface area contributed by atoms with Crippen LogP contribution in [0.3, 0.4) is 0 Å². The number of hydrogen-bond acceptors (Lipinski definition) is 4. The molecule has 0 spiro atoms. The van der Waals surface area contributed by atoms with Gasteiger partial charge in [0.05, 0.1) is 7.11 Å². The predicted octanol–water partition coefficient (Wildman–Crippen LogP) is 5.26. The Labute approximate surface area is 210 Å². The van der Waals surface area contributed by atoms with Crippen LogP contribution < -0.4 is 10.1 Å². The monoisotopic (exact) mass is 473 g/mol. The number of amides is 1. The Balaban J connectivity index is 1.44. The van der Waals surface area contributed by atoms with Crippen molar-refractivity contribution in [1.29, 1.82) is 0 Å². The molecule has 5 nitrogen and oxygen atoms in total. The van der Waals surface area contributed by atoms with Crippen molar-refractivity contribution >= 4 is 5.91 Å². The van der Waals surface area contributed by atoms with Crippen molar-refractivity contribution < 1.29 is 9.53 Å². The first-order valence-corrected chi connectivity index (χ1v) is 13.3. The van der Waals surface area contributed by atoms with Crippen molar-refractivity contribution in [3.63, 3.8) is 0 Å². The molecule has 0 aromatic heterocycles. The molecular weight excluding hydrogens is 434 g/mol. The second-order valence-electron chi connectivity index (χ2n) is 10.5. The molecule has 0 radical (unpaired) electrons. The molecule has 5 heteroatoms. The summed E-state index contributed by atoms with van der Waals surface area (Å²) in [6.07, 6.45) is 10.4. The van der Waals surface area contributed by atoms with Gasteiger partial charge < -0.3 is 10.1 Å². The first-order chi connectivity index (χ1) is 17.1. The lowest BCUT2D eigenvalue weighted by Gasteiger charge is -2.29. The quantitative estimate of drug-likeness (QED) is 0.531. The van der Waals surface area contributed by atoms with E-state index in [4.69, 9.17) is 4.74 Å². The highest BCUT2D eigenvalue weighted by Gasteiger charge is 2.37. The zero-order valence-corrected chi connectivity index (χ0v) is 21.0. The van der Waals surface area contributed by atoms with Crippen LogP contribution in [0.5, 0.6) is 5.75 Å². The Morgan fingerprint density at radius 3 is 2.71 bits per heavy atom. The van der Waals surface area contributed by atoms with Crippen LogP contribution in [0, 0.1) is 0 Å². The van der Waals surface area contributed by atoms with Crippen LogP contribution in [0.15, 0.2) is 55.1 Å². The van der Waals surface area contributed by atoms with Crippen molar-refractivity contribution in [2.24, 2.45) is 0 Å². The SMILES string of the molecule is C=CCN1CCC2CCC(C1)N2Cc1ccc(C(=O)NC2CCCC2)cc1-c1cccc(OC)c1. The van der Waals surface area contributed by atoms with Crippen LogP contribution in [0.1, 0.15) is 60.9 Å². The lowest BCUT2D eigenvalue weighted by molar-refractivity contribution is 0.0938. The highest BCUT2D eigenvalue weighted by Crippen LogP contribution is 2.35. The van der Waals surface area contributed by atoms with Gasteiger partial charge in [0.1, 0.15) is 5.75 Å². The standard InChI is InChI=1S/C30H39N3O2/c1-3-16-32-17-15-26-13-14-27(21-32)33(26)20-24-12-11-23(30(34)31-25-8-4-5-9-25)19-29(24)22-7-6-10-28(18-22)35-2/h3,6-7,10-12,18-19,25-27H,1,4-5,8-9,13-17,20-21H2,2H3,(H,31,34). The third-order valence-electron chi connectivity index (χ3n) is 8.20. The summed E-state index contributed by atoms with van der Waals surface area (Å²) in [6, 6.07) is 16.0. The minimum atomic E-state index is 0.0440. The van der Waals surface area contributed by atoms with E-state index in [9.17, 15) is 4.79 Å². The van der Waals surface area contributed by atoms with Gasteiger partial charge in [-0.2, -0.15) is 0 Å². The highest BCUT2D eigenvalue weighted by molar-refractivity contribution is 5.96. The van der Waals surface area contributed by atoms with Crippen molar-refractivity contribution in [1.82, 2.24) is 15.1 Å². The number of benzene rings is 2. The molecule has 2 heterocycles. The van der Waals surface area contributed by atoms with Crippen LogP contribution in [-0.4, -0.2) is 60.6 Å². The third-order valence-corrected chi connectivity index (χ3v) is 8.20. The van der Waals surface area contributed by atoms with Crippen LogP contribution in [0.4, 0.5) is 0 Å². The van der Waals surface area contributed by atoms with Crippen molar-refractivity contribution in [2.75, 3.05) is 26.7 Å². The summed E-state index contributed by atoms with van der Waals surface area (Å²) in [6.45, 7) is 8.09. The average Bonchev–Trinajstić information content (AvgIpc) is 3.48. The van der Waals surface area contributed by atoms with Gasteiger partial charge in [-0.25, -0.2) is 0 Å². The van der Waals surface area contributed by atoms with Gasteiger partial charge in [0.25, 0.3) is 5.91 Å². The third kappa shape index (κ3) is 5.46. The largest absolute Gasteiger partial charge is 0.497 e. The van der Waals surface area contributed by atoms with E-state index in [0.29, 0.717) is 18.1 Å². The van der Waals surface area contributed by atoms with E-state index < -0.39 is 0 Å². The van der Waals surface area contributed by atoms with Crippen molar-refractivity contribution in [3.8, 4) is 16.9 Å². The maximum absolute atomic E-state index is 13.1. The van der Waals surface area contributed by atoms with Crippen LogP contribution >= 0.6 is 0 Å². The van der Waals surface area contributed by atoms with E-state index in [1.807, 2.05) is 24.3 Å². The Morgan fingerprint density at radius 1 is 1.09 bits per heavy atom.